The molecule has 0 bridgehead atoms. The molecular weight excluding hydrogens is 283 g/mol. The molecule has 1 aromatic carbocycles. The number of nitrogens with zero attached hydrogens (tertiary/aromatic N) is 1. The topological polar surface area (TPSA) is 51.2 Å². The van der Waals surface area contributed by atoms with Crippen LogP contribution in [-0.4, -0.2) is 17.5 Å². The number of pyridine rings is 1. The third-order valence-electron chi connectivity index (χ3n) is 2.51. The Morgan fingerprint density at radius 3 is 2.90 bits per heavy atom. The summed E-state index contributed by atoms with van der Waals surface area (Å²) in [6, 6.07) is 6.13. The Bertz CT molecular complexity index is 634. The largest absolute Gasteiger partial charge is 0.492 e. The predicted molar refractivity (Wildman–Crippen MR) is 74.8 cm³/mol. The lowest BCUT2D eigenvalue weighted by Crippen LogP contribution is -2.13. The number of nitrogens with one attached hydrogen (secondary N) is 1. The molecule has 2 aromatic rings. The van der Waals surface area contributed by atoms with E-state index in [1.54, 1.807) is 18.2 Å². The van der Waals surface area contributed by atoms with Gasteiger partial charge in [0.2, 0.25) is 0 Å². The first-order valence-electron chi connectivity index (χ1n) is 5.95. The van der Waals surface area contributed by atoms with E-state index in [9.17, 15) is 9.18 Å². The number of rotatable bonds is 4. The van der Waals surface area contributed by atoms with Crippen LogP contribution >= 0.6 is 11.6 Å². The van der Waals surface area contributed by atoms with Crippen LogP contribution in [0.5, 0.6) is 5.75 Å². The Morgan fingerprint density at radius 2 is 2.25 bits per heavy atom. The molecule has 0 aliphatic heterocycles. The van der Waals surface area contributed by atoms with E-state index in [-0.39, 0.29) is 5.56 Å². The highest BCUT2D eigenvalue weighted by Crippen LogP contribution is 2.27. The van der Waals surface area contributed by atoms with Crippen LogP contribution in [-0.2, 0) is 0 Å². The first-order valence-corrected chi connectivity index (χ1v) is 6.33. The van der Waals surface area contributed by atoms with Crippen molar-refractivity contribution in [2.45, 2.75) is 6.92 Å². The molecular formula is C14H12ClFN2O2. The van der Waals surface area contributed by atoms with Gasteiger partial charge < -0.3 is 10.1 Å². The molecule has 6 heteroatoms. The first-order chi connectivity index (χ1) is 9.61. The molecule has 0 saturated carbocycles. The maximum Gasteiger partial charge on any atom is 0.258 e. The summed E-state index contributed by atoms with van der Waals surface area (Å²) in [6.45, 7) is 2.34. The van der Waals surface area contributed by atoms with E-state index in [2.05, 4.69) is 10.3 Å². The van der Waals surface area contributed by atoms with Crippen molar-refractivity contribution in [3.05, 3.63) is 53.1 Å². The second kappa shape index (κ2) is 6.34. The number of anilines is 1. The number of ether oxygens (including phenoxy) is 1. The van der Waals surface area contributed by atoms with Crippen molar-refractivity contribution in [3.8, 4) is 5.75 Å². The Labute approximate surface area is 120 Å². The molecule has 0 spiro atoms. The Balaban J connectivity index is 2.16. The van der Waals surface area contributed by atoms with Crippen LogP contribution in [0.3, 0.4) is 0 Å². The van der Waals surface area contributed by atoms with Crippen molar-refractivity contribution in [2.75, 3.05) is 11.9 Å². The van der Waals surface area contributed by atoms with Crippen molar-refractivity contribution >= 4 is 23.2 Å². The normalized spacial score (nSPS) is 10.2. The van der Waals surface area contributed by atoms with E-state index in [1.807, 2.05) is 6.92 Å². The zero-order chi connectivity index (χ0) is 14.5. The molecule has 104 valence electrons. The number of halogens is 2. The van der Waals surface area contributed by atoms with Gasteiger partial charge in [0.15, 0.2) is 5.82 Å². The lowest BCUT2D eigenvalue weighted by molar-refractivity contribution is 0.102. The average molecular weight is 295 g/mol. The molecule has 0 unspecified atom stereocenters. The molecule has 1 aromatic heterocycles. The zero-order valence-corrected chi connectivity index (χ0v) is 11.4. The maximum absolute atomic E-state index is 13.4. The van der Waals surface area contributed by atoms with Crippen molar-refractivity contribution in [3.63, 3.8) is 0 Å². The summed E-state index contributed by atoms with van der Waals surface area (Å²) in [4.78, 5) is 15.5. The van der Waals surface area contributed by atoms with Gasteiger partial charge in [-0.1, -0.05) is 11.6 Å². The Morgan fingerprint density at radius 1 is 1.45 bits per heavy atom. The third-order valence-corrected chi connectivity index (χ3v) is 2.80. The Hall–Kier alpha value is -2.14. The third kappa shape index (κ3) is 3.24. The molecule has 0 aliphatic rings. The molecule has 4 nitrogen and oxygen atoms in total. The van der Waals surface area contributed by atoms with Crippen LogP contribution < -0.4 is 10.1 Å². The van der Waals surface area contributed by atoms with Gasteiger partial charge in [-0.05, 0) is 31.2 Å². The fourth-order valence-corrected chi connectivity index (χ4v) is 1.84. The number of amides is 1. The van der Waals surface area contributed by atoms with E-state index in [0.717, 1.165) is 6.20 Å². The molecule has 0 aliphatic carbocycles. The smallest absolute Gasteiger partial charge is 0.258 e. The minimum atomic E-state index is -0.679. The van der Waals surface area contributed by atoms with E-state index in [4.69, 9.17) is 16.3 Å². The monoisotopic (exact) mass is 294 g/mol. The molecule has 2 rings (SSSR count). The van der Waals surface area contributed by atoms with Gasteiger partial charge in [-0.25, -0.2) is 4.39 Å². The van der Waals surface area contributed by atoms with E-state index in [1.165, 1.54) is 12.3 Å². The number of benzene rings is 1. The highest BCUT2D eigenvalue weighted by molar-refractivity contribution is 6.32. The summed E-state index contributed by atoms with van der Waals surface area (Å²) in [5.41, 5.74) is 0.379. The number of hydrogen-bond acceptors (Lipinski definition) is 3. The predicted octanol–water partition coefficient (Wildman–Crippen LogP) is 3.53. The summed E-state index contributed by atoms with van der Waals surface area (Å²) in [7, 11) is 0. The Kier molecular flexibility index (Phi) is 4.53. The molecule has 1 heterocycles. The molecule has 1 N–H and O–H groups in total. The van der Waals surface area contributed by atoms with Gasteiger partial charge in [0.25, 0.3) is 5.91 Å². The molecule has 20 heavy (non-hydrogen) atoms. The van der Waals surface area contributed by atoms with E-state index >= 15 is 0 Å². The van der Waals surface area contributed by atoms with Crippen LogP contribution in [0.1, 0.15) is 17.3 Å². The number of carbonyl (C=O) groups excluding carboxylic acids is 1. The SMILES string of the molecule is CCOc1ccc(NC(=O)c2ccncc2F)cc1Cl. The van der Waals surface area contributed by atoms with Crippen molar-refractivity contribution < 1.29 is 13.9 Å². The van der Waals surface area contributed by atoms with Crippen LogP contribution in [0.15, 0.2) is 36.7 Å². The highest BCUT2D eigenvalue weighted by Gasteiger charge is 2.12. The fraction of sp³-hybridized carbons (Fsp3) is 0.143. The van der Waals surface area contributed by atoms with Gasteiger partial charge in [0.1, 0.15) is 5.75 Å². The standard InChI is InChI=1S/C14H12ClFN2O2/c1-2-20-13-4-3-9(7-11(13)15)18-14(19)10-5-6-17-8-12(10)16/h3-8H,2H2,1H3,(H,18,19). The highest BCUT2D eigenvalue weighted by atomic mass is 35.5. The number of carbonyl (C=O) groups is 1. The quantitative estimate of drug-likeness (QED) is 0.938. The van der Waals surface area contributed by atoms with Gasteiger partial charge >= 0.3 is 0 Å². The second-order valence-corrected chi connectivity index (χ2v) is 4.30. The molecule has 0 fully saturated rings. The van der Waals surface area contributed by atoms with Crippen LogP contribution in [0.2, 0.25) is 5.02 Å². The van der Waals surface area contributed by atoms with Crippen LogP contribution in [0, 0.1) is 5.82 Å². The summed E-state index contributed by atoms with van der Waals surface area (Å²) < 4.78 is 18.7. The summed E-state index contributed by atoms with van der Waals surface area (Å²) >= 11 is 6.01. The molecule has 1 amide bonds. The number of aromatic nitrogens is 1. The zero-order valence-electron chi connectivity index (χ0n) is 10.7. The van der Waals surface area contributed by atoms with E-state index < -0.39 is 11.7 Å². The number of hydrogen-bond donors (Lipinski definition) is 1. The van der Waals surface area contributed by atoms with Crippen molar-refractivity contribution in [1.29, 1.82) is 0 Å². The lowest BCUT2D eigenvalue weighted by atomic mass is 10.2. The molecule has 0 radical (unpaired) electrons. The lowest BCUT2D eigenvalue weighted by Gasteiger charge is -2.09. The average Bonchev–Trinajstić information content (AvgIpc) is 2.42. The van der Waals surface area contributed by atoms with Gasteiger partial charge in [0, 0.05) is 11.9 Å². The van der Waals surface area contributed by atoms with Gasteiger partial charge in [-0.15, -0.1) is 0 Å². The van der Waals surface area contributed by atoms with Crippen LogP contribution in [0.25, 0.3) is 0 Å². The fourth-order valence-electron chi connectivity index (χ4n) is 1.61. The summed E-state index contributed by atoms with van der Waals surface area (Å²) in [5.74, 6) is -0.714. The molecule has 0 saturated heterocycles. The second-order valence-electron chi connectivity index (χ2n) is 3.89. The van der Waals surface area contributed by atoms with Gasteiger partial charge in [-0.3, -0.25) is 9.78 Å². The maximum atomic E-state index is 13.4. The van der Waals surface area contributed by atoms with Gasteiger partial charge in [0.05, 0.1) is 23.4 Å². The van der Waals surface area contributed by atoms with Crippen molar-refractivity contribution in [1.82, 2.24) is 4.98 Å². The van der Waals surface area contributed by atoms with E-state index in [0.29, 0.717) is 23.1 Å². The molecule has 0 atom stereocenters. The van der Waals surface area contributed by atoms with Gasteiger partial charge in [-0.2, -0.15) is 0 Å². The van der Waals surface area contributed by atoms with Crippen molar-refractivity contribution in [2.24, 2.45) is 0 Å². The summed E-state index contributed by atoms with van der Waals surface area (Å²) in [6.07, 6.45) is 2.34. The van der Waals surface area contributed by atoms with Crippen LogP contribution in [0.4, 0.5) is 10.1 Å². The minimum Gasteiger partial charge on any atom is -0.492 e. The summed E-state index contributed by atoms with van der Waals surface area (Å²) in [5, 5.41) is 2.94. The first kappa shape index (κ1) is 14.3. The minimum absolute atomic E-state index is 0.0787.